The van der Waals surface area contributed by atoms with E-state index in [4.69, 9.17) is 56.8 Å². The standard InChI is InChI=1S/C21H24Cl3N5O5S/c22-13-3-4-18(17(9-13)28-10-12-6-14(23)8-15(24)7-12)35(33,34)11-19(30)29(21(26)27)5-1-2-16(25)20(31)32/h3-4,6-9,16,28H,1-2,5,10-11,25H2,(H3,26,27)(H,31,32). The molecule has 35 heavy (non-hydrogen) atoms. The summed E-state index contributed by atoms with van der Waals surface area (Å²) >= 11 is 18.1. The highest BCUT2D eigenvalue weighted by atomic mass is 35.5. The second-order valence-electron chi connectivity index (χ2n) is 7.55. The van der Waals surface area contributed by atoms with E-state index in [0.717, 1.165) is 4.90 Å². The van der Waals surface area contributed by atoms with E-state index < -0.39 is 39.5 Å². The molecule has 0 fully saturated rings. The Kier molecular flexibility index (Phi) is 10.2. The lowest BCUT2D eigenvalue weighted by atomic mass is 10.1. The van der Waals surface area contributed by atoms with Gasteiger partial charge in [-0.3, -0.25) is 19.9 Å². The van der Waals surface area contributed by atoms with Crippen LogP contribution in [0.15, 0.2) is 41.3 Å². The molecule has 1 amide bonds. The van der Waals surface area contributed by atoms with Crippen molar-refractivity contribution in [3.05, 3.63) is 57.0 Å². The molecule has 0 radical (unpaired) electrons. The number of benzene rings is 2. The summed E-state index contributed by atoms with van der Waals surface area (Å²) in [6, 6.07) is 7.76. The van der Waals surface area contributed by atoms with Gasteiger partial charge in [0, 0.05) is 28.2 Å². The molecule has 2 aromatic rings. The van der Waals surface area contributed by atoms with Crippen LogP contribution >= 0.6 is 34.8 Å². The number of hydrogen-bond acceptors (Lipinski definition) is 7. The van der Waals surface area contributed by atoms with E-state index in [2.05, 4.69) is 5.32 Å². The van der Waals surface area contributed by atoms with Gasteiger partial charge in [0.25, 0.3) is 0 Å². The monoisotopic (exact) mass is 563 g/mol. The maximum atomic E-state index is 13.1. The fourth-order valence-corrected chi connectivity index (χ4v) is 5.23. The Balaban J connectivity index is 2.20. The van der Waals surface area contributed by atoms with Crippen molar-refractivity contribution in [3.8, 4) is 0 Å². The van der Waals surface area contributed by atoms with Crippen molar-refractivity contribution in [1.82, 2.24) is 4.90 Å². The van der Waals surface area contributed by atoms with Crippen LogP contribution in [0.4, 0.5) is 5.69 Å². The third kappa shape index (κ3) is 8.55. The summed E-state index contributed by atoms with van der Waals surface area (Å²) in [6.45, 7) is 0.00636. The van der Waals surface area contributed by atoms with Gasteiger partial charge in [-0.25, -0.2) is 8.42 Å². The number of nitrogens with two attached hydrogens (primary N) is 2. The molecule has 14 heteroatoms. The smallest absolute Gasteiger partial charge is 0.320 e. The van der Waals surface area contributed by atoms with Crippen LogP contribution in [0.3, 0.4) is 0 Å². The van der Waals surface area contributed by atoms with Crippen LogP contribution in [0.25, 0.3) is 0 Å². The van der Waals surface area contributed by atoms with Crippen molar-refractivity contribution in [3.63, 3.8) is 0 Å². The molecular weight excluding hydrogens is 541 g/mol. The highest BCUT2D eigenvalue weighted by Crippen LogP contribution is 2.28. The maximum Gasteiger partial charge on any atom is 0.320 e. The minimum Gasteiger partial charge on any atom is -0.480 e. The van der Waals surface area contributed by atoms with Gasteiger partial charge in [-0.05, 0) is 54.8 Å². The van der Waals surface area contributed by atoms with Gasteiger partial charge in [0.15, 0.2) is 15.8 Å². The molecule has 0 aromatic heterocycles. The number of nitrogens with zero attached hydrogens (tertiary/aromatic N) is 1. The van der Waals surface area contributed by atoms with Gasteiger partial charge in [0.1, 0.15) is 11.8 Å². The summed E-state index contributed by atoms with van der Waals surface area (Å²) in [6.07, 6.45) is 0.118. The third-order valence-corrected chi connectivity index (χ3v) is 7.13. The van der Waals surface area contributed by atoms with Crippen LogP contribution in [-0.2, 0) is 26.0 Å². The Morgan fingerprint density at radius 2 is 1.71 bits per heavy atom. The molecule has 0 bridgehead atoms. The molecule has 2 aromatic carbocycles. The van der Waals surface area contributed by atoms with Crippen molar-refractivity contribution in [2.24, 2.45) is 11.5 Å². The van der Waals surface area contributed by atoms with Gasteiger partial charge in [0.05, 0.1) is 10.6 Å². The summed E-state index contributed by atoms with van der Waals surface area (Å²) < 4.78 is 26.2. The van der Waals surface area contributed by atoms with Gasteiger partial charge in [-0.15, -0.1) is 0 Å². The summed E-state index contributed by atoms with van der Waals surface area (Å²) in [4.78, 5) is 24.1. The number of carboxylic acid groups (broad SMARTS) is 1. The van der Waals surface area contributed by atoms with Crippen LogP contribution in [0.5, 0.6) is 0 Å². The van der Waals surface area contributed by atoms with Crippen LogP contribution < -0.4 is 16.8 Å². The molecule has 1 atom stereocenters. The predicted octanol–water partition coefficient (Wildman–Crippen LogP) is 2.95. The maximum absolute atomic E-state index is 13.1. The SMILES string of the molecule is N=C(N)N(CCCC(N)C(=O)O)C(=O)CS(=O)(=O)c1ccc(Cl)cc1NCc1cc(Cl)cc(Cl)c1. The number of hydrogen-bond donors (Lipinski definition) is 5. The second-order valence-corrected chi connectivity index (χ2v) is 10.8. The molecule has 1 unspecified atom stereocenters. The Morgan fingerprint density at radius 1 is 1.09 bits per heavy atom. The van der Waals surface area contributed by atoms with Gasteiger partial charge < -0.3 is 21.9 Å². The number of rotatable bonds is 11. The second kappa shape index (κ2) is 12.4. The number of anilines is 1. The minimum absolute atomic E-state index is 0.0118. The van der Waals surface area contributed by atoms with Crippen LogP contribution in [-0.4, -0.2) is 54.6 Å². The van der Waals surface area contributed by atoms with E-state index in [0.29, 0.717) is 15.6 Å². The normalized spacial score (nSPS) is 12.1. The fraction of sp³-hybridized carbons (Fsp3) is 0.286. The molecule has 0 heterocycles. The molecule has 0 saturated carbocycles. The Morgan fingerprint density at radius 3 is 2.29 bits per heavy atom. The molecule has 0 aliphatic carbocycles. The average molecular weight is 565 g/mol. The van der Waals surface area contributed by atoms with E-state index in [9.17, 15) is 18.0 Å². The summed E-state index contributed by atoms with van der Waals surface area (Å²) in [5.41, 5.74) is 11.7. The highest BCUT2D eigenvalue weighted by molar-refractivity contribution is 7.92. The van der Waals surface area contributed by atoms with Crippen LogP contribution in [0.1, 0.15) is 18.4 Å². The van der Waals surface area contributed by atoms with Gasteiger partial charge in [-0.2, -0.15) is 0 Å². The quantitative estimate of drug-likeness (QED) is 0.204. The molecule has 0 aliphatic rings. The largest absolute Gasteiger partial charge is 0.480 e. The summed E-state index contributed by atoms with van der Waals surface area (Å²) in [7, 11) is -4.20. The molecule has 0 spiro atoms. The summed E-state index contributed by atoms with van der Waals surface area (Å²) in [5.74, 6) is -3.79. The number of nitrogens with one attached hydrogen (secondary N) is 2. The lowest BCUT2D eigenvalue weighted by Gasteiger charge is -2.21. The first-order chi connectivity index (χ1) is 16.3. The first-order valence-corrected chi connectivity index (χ1v) is 12.9. The number of sulfone groups is 1. The Bertz CT molecular complexity index is 1210. The lowest BCUT2D eigenvalue weighted by molar-refractivity contribution is -0.138. The molecule has 0 aliphatic heterocycles. The summed E-state index contributed by atoms with van der Waals surface area (Å²) in [5, 5.41) is 20.5. The zero-order valence-corrected chi connectivity index (χ0v) is 21.4. The van der Waals surface area contributed by atoms with E-state index in [1.807, 2.05) is 0 Å². The van der Waals surface area contributed by atoms with Crippen molar-refractivity contribution in [2.45, 2.75) is 30.3 Å². The average Bonchev–Trinajstić information content (AvgIpc) is 2.73. The number of guanidine groups is 1. The number of halogens is 3. The molecule has 0 saturated heterocycles. The van der Waals surface area contributed by atoms with Crippen LogP contribution in [0.2, 0.25) is 15.1 Å². The number of carbonyl (C=O) groups is 2. The van der Waals surface area contributed by atoms with Crippen LogP contribution in [0, 0.1) is 5.41 Å². The van der Waals surface area contributed by atoms with Gasteiger partial charge >= 0.3 is 5.97 Å². The number of aliphatic carboxylic acids is 1. The Labute approximate surface area is 217 Å². The van der Waals surface area contributed by atoms with E-state index >= 15 is 0 Å². The minimum atomic E-state index is -4.20. The van der Waals surface area contributed by atoms with E-state index in [1.165, 1.54) is 18.2 Å². The highest BCUT2D eigenvalue weighted by Gasteiger charge is 2.27. The molecule has 10 nitrogen and oxygen atoms in total. The van der Waals surface area contributed by atoms with Crippen molar-refractivity contribution < 1.29 is 23.1 Å². The van der Waals surface area contributed by atoms with Crippen molar-refractivity contribution >= 4 is 68.2 Å². The van der Waals surface area contributed by atoms with Crippen molar-refractivity contribution in [1.29, 1.82) is 5.41 Å². The zero-order valence-electron chi connectivity index (χ0n) is 18.3. The first kappa shape index (κ1) is 28.7. The third-order valence-electron chi connectivity index (χ3n) is 4.80. The van der Waals surface area contributed by atoms with Crippen molar-refractivity contribution in [2.75, 3.05) is 17.6 Å². The number of carbonyl (C=O) groups excluding carboxylic acids is 1. The fourth-order valence-electron chi connectivity index (χ4n) is 3.11. The van der Waals surface area contributed by atoms with Gasteiger partial charge in [0.2, 0.25) is 5.91 Å². The van der Waals surface area contributed by atoms with E-state index in [1.54, 1.807) is 18.2 Å². The molecule has 7 N–H and O–H groups in total. The molecular formula is C21H24Cl3N5O5S. The van der Waals surface area contributed by atoms with Gasteiger partial charge in [-0.1, -0.05) is 34.8 Å². The van der Waals surface area contributed by atoms with E-state index in [-0.39, 0.29) is 41.5 Å². The first-order valence-electron chi connectivity index (χ1n) is 10.1. The zero-order chi connectivity index (χ0) is 26.3. The lowest BCUT2D eigenvalue weighted by Crippen LogP contribution is -2.45. The predicted molar refractivity (Wildman–Crippen MR) is 136 cm³/mol. The Hall–Kier alpha value is -2.57. The molecule has 2 rings (SSSR count). The number of carboxylic acids is 1. The topological polar surface area (TPSA) is 180 Å². The molecule has 190 valence electrons. The number of amides is 1.